The SMILES string of the molecule is C=C(C)CCC(C)CC(=C)C. The highest BCUT2D eigenvalue weighted by molar-refractivity contribution is 4.92. The van der Waals surface area contributed by atoms with Crippen molar-refractivity contribution in [3.8, 4) is 0 Å². The highest BCUT2D eigenvalue weighted by Gasteiger charge is 2.01. The zero-order chi connectivity index (χ0) is 8.85. The lowest BCUT2D eigenvalue weighted by Crippen LogP contribution is -1.94. The fourth-order valence-corrected chi connectivity index (χ4v) is 1.19. The largest absolute Gasteiger partial charge is 0.100 e. The smallest absolute Gasteiger partial charge is 0.0300 e. The molecule has 64 valence electrons. The molecule has 0 saturated heterocycles. The third kappa shape index (κ3) is 7.38. The molecule has 0 aliphatic rings. The van der Waals surface area contributed by atoms with E-state index in [9.17, 15) is 0 Å². The maximum absolute atomic E-state index is 3.90. The molecule has 0 aromatic carbocycles. The molecule has 0 N–H and O–H groups in total. The highest BCUT2D eigenvalue weighted by Crippen LogP contribution is 2.16. The third-order valence-electron chi connectivity index (χ3n) is 1.76. The minimum absolute atomic E-state index is 0.768. The van der Waals surface area contributed by atoms with Crippen LogP contribution in [0.1, 0.15) is 40.0 Å². The summed E-state index contributed by atoms with van der Waals surface area (Å²) in [5, 5.41) is 0. The Bertz CT molecular complexity index is 142. The van der Waals surface area contributed by atoms with E-state index in [0.29, 0.717) is 0 Å². The topological polar surface area (TPSA) is 0 Å². The van der Waals surface area contributed by atoms with E-state index in [1.54, 1.807) is 0 Å². The maximum atomic E-state index is 3.90. The van der Waals surface area contributed by atoms with Crippen molar-refractivity contribution >= 4 is 0 Å². The van der Waals surface area contributed by atoms with Crippen LogP contribution in [0.15, 0.2) is 24.3 Å². The standard InChI is InChI=1S/C11H20/c1-9(2)6-7-11(5)8-10(3)4/h11H,1,3,6-8H2,2,4-5H3. The second kappa shape index (κ2) is 5.17. The van der Waals surface area contributed by atoms with E-state index >= 15 is 0 Å². The van der Waals surface area contributed by atoms with Crippen molar-refractivity contribution in [3.05, 3.63) is 24.3 Å². The van der Waals surface area contributed by atoms with Gasteiger partial charge in [0, 0.05) is 0 Å². The molecule has 0 heteroatoms. The quantitative estimate of drug-likeness (QED) is 0.523. The summed E-state index contributed by atoms with van der Waals surface area (Å²) in [6.45, 7) is 14.2. The van der Waals surface area contributed by atoms with E-state index in [0.717, 1.165) is 18.8 Å². The molecule has 1 unspecified atom stereocenters. The van der Waals surface area contributed by atoms with Crippen LogP contribution in [0.2, 0.25) is 0 Å². The first-order valence-electron chi connectivity index (χ1n) is 4.31. The molecule has 1 atom stereocenters. The van der Waals surface area contributed by atoms with Crippen LogP contribution in [0.5, 0.6) is 0 Å². The van der Waals surface area contributed by atoms with E-state index in [2.05, 4.69) is 33.9 Å². The first-order chi connectivity index (χ1) is 5.02. The first kappa shape index (κ1) is 10.5. The molecule has 0 spiro atoms. The predicted octanol–water partition coefficient (Wildman–Crippen LogP) is 3.95. The van der Waals surface area contributed by atoms with Crippen molar-refractivity contribution in [3.63, 3.8) is 0 Å². The molecule has 0 amide bonds. The van der Waals surface area contributed by atoms with Gasteiger partial charge in [0.05, 0.1) is 0 Å². The van der Waals surface area contributed by atoms with Gasteiger partial charge >= 0.3 is 0 Å². The van der Waals surface area contributed by atoms with Crippen LogP contribution in [-0.4, -0.2) is 0 Å². The molecule has 0 heterocycles. The van der Waals surface area contributed by atoms with Gasteiger partial charge in [-0.2, -0.15) is 0 Å². The number of hydrogen-bond donors (Lipinski definition) is 0. The molecule has 0 saturated carbocycles. The van der Waals surface area contributed by atoms with Crippen molar-refractivity contribution in [1.82, 2.24) is 0 Å². The van der Waals surface area contributed by atoms with Gasteiger partial charge in [-0.1, -0.05) is 18.1 Å². The summed E-state index contributed by atoms with van der Waals surface area (Å²) < 4.78 is 0. The average molecular weight is 152 g/mol. The average Bonchev–Trinajstić information content (AvgIpc) is 1.82. The number of allylic oxidation sites excluding steroid dienone is 2. The molecule has 0 aromatic rings. The summed E-state index contributed by atoms with van der Waals surface area (Å²) >= 11 is 0. The fraction of sp³-hybridized carbons (Fsp3) is 0.636. The van der Waals surface area contributed by atoms with Gasteiger partial charge in [0.1, 0.15) is 0 Å². The van der Waals surface area contributed by atoms with Crippen LogP contribution in [0.25, 0.3) is 0 Å². The molecule has 0 rings (SSSR count). The van der Waals surface area contributed by atoms with Gasteiger partial charge in [0.2, 0.25) is 0 Å². The Morgan fingerprint density at radius 3 is 2.09 bits per heavy atom. The Labute approximate surface area is 71.0 Å². The summed E-state index contributed by atoms with van der Waals surface area (Å²) in [6.07, 6.45) is 3.57. The van der Waals surface area contributed by atoms with Gasteiger partial charge in [-0.15, -0.1) is 13.2 Å². The summed E-state index contributed by atoms with van der Waals surface area (Å²) in [6, 6.07) is 0. The second-order valence-electron chi connectivity index (χ2n) is 3.76. The summed E-state index contributed by atoms with van der Waals surface area (Å²) in [5.41, 5.74) is 2.58. The van der Waals surface area contributed by atoms with Crippen molar-refractivity contribution in [2.75, 3.05) is 0 Å². The Morgan fingerprint density at radius 1 is 1.18 bits per heavy atom. The Kier molecular flexibility index (Phi) is 4.93. The van der Waals surface area contributed by atoms with Crippen LogP contribution < -0.4 is 0 Å². The van der Waals surface area contributed by atoms with E-state index in [4.69, 9.17) is 0 Å². The summed E-state index contributed by atoms with van der Waals surface area (Å²) in [5.74, 6) is 0.768. The fourth-order valence-electron chi connectivity index (χ4n) is 1.19. The molecule has 0 aliphatic carbocycles. The number of hydrogen-bond acceptors (Lipinski definition) is 0. The first-order valence-corrected chi connectivity index (χ1v) is 4.31. The van der Waals surface area contributed by atoms with Crippen LogP contribution in [0.3, 0.4) is 0 Å². The lowest BCUT2D eigenvalue weighted by Gasteiger charge is -2.10. The van der Waals surface area contributed by atoms with Gasteiger partial charge in [-0.05, 0) is 39.0 Å². The molecule has 0 radical (unpaired) electrons. The van der Waals surface area contributed by atoms with E-state index in [1.807, 2.05) is 0 Å². The molecule has 0 aromatic heterocycles. The minimum Gasteiger partial charge on any atom is -0.100 e. The molecular formula is C11H20. The number of rotatable bonds is 5. The molecule has 11 heavy (non-hydrogen) atoms. The highest BCUT2D eigenvalue weighted by atomic mass is 14.1. The monoisotopic (exact) mass is 152 g/mol. The predicted molar refractivity (Wildman–Crippen MR) is 52.6 cm³/mol. The van der Waals surface area contributed by atoms with Gasteiger partial charge in [0.15, 0.2) is 0 Å². The Hall–Kier alpha value is -0.520. The minimum atomic E-state index is 0.768. The van der Waals surface area contributed by atoms with E-state index in [-0.39, 0.29) is 0 Å². The molecule has 0 bridgehead atoms. The van der Waals surface area contributed by atoms with Crippen molar-refractivity contribution < 1.29 is 0 Å². The lowest BCUT2D eigenvalue weighted by atomic mass is 9.96. The van der Waals surface area contributed by atoms with Crippen molar-refractivity contribution in [1.29, 1.82) is 0 Å². The van der Waals surface area contributed by atoms with Crippen LogP contribution >= 0.6 is 0 Å². The summed E-state index contributed by atoms with van der Waals surface area (Å²) in [4.78, 5) is 0. The maximum Gasteiger partial charge on any atom is -0.0300 e. The molecule has 0 aliphatic heterocycles. The van der Waals surface area contributed by atoms with Crippen LogP contribution in [0.4, 0.5) is 0 Å². The zero-order valence-electron chi connectivity index (χ0n) is 8.11. The van der Waals surface area contributed by atoms with Crippen LogP contribution in [-0.2, 0) is 0 Å². The Balaban J connectivity index is 3.44. The van der Waals surface area contributed by atoms with E-state index < -0.39 is 0 Å². The molecule has 0 fully saturated rings. The van der Waals surface area contributed by atoms with E-state index in [1.165, 1.54) is 17.6 Å². The third-order valence-corrected chi connectivity index (χ3v) is 1.76. The normalized spacial score (nSPS) is 12.6. The van der Waals surface area contributed by atoms with Crippen molar-refractivity contribution in [2.45, 2.75) is 40.0 Å². The van der Waals surface area contributed by atoms with Crippen molar-refractivity contribution in [2.24, 2.45) is 5.92 Å². The summed E-state index contributed by atoms with van der Waals surface area (Å²) in [7, 11) is 0. The molecule has 0 nitrogen and oxygen atoms in total. The van der Waals surface area contributed by atoms with Gasteiger partial charge in [-0.25, -0.2) is 0 Å². The zero-order valence-corrected chi connectivity index (χ0v) is 8.11. The Morgan fingerprint density at radius 2 is 1.73 bits per heavy atom. The molecular weight excluding hydrogens is 132 g/mol. The van der Waals surface area contributed by atoms with Gasteiger partial charge < -0.3 is 0 Å². The lowest BCUT2D eigenvalue weighted by molar-refractivity contribution is 0.528. The van der Waals surface area contributed by atoms with Gasteiger partial charge in [-0.3, -0.25) is 0 Å². The van der Waals surface area contributed by atoms with Gasteiger partial charge in [0.25, 0.3) is 0 Å². The van der Waals surface area contributed by atoms with Crippen LogP contribution in [0, 0.1) is 5.92 Å². The second-order valence-corrected chi connectivity index (χ2v) is 3.76.